The van der Waals surface area contributed by atoms with Gasteiger partial charge in [0, 0.05) is 6.42 Å². The first-order chi connectivity index (χ1) is 6.84. The van der Waals surface area contributed by atoms with Crippen LogP contribution < -0.4 is 4.73 Å². The molecule has 2 rings (SSSR count). The van der Waals surface area contributed by atoms with Crippen molar-refractivity contribution in [1.29, 1.82) is 0 Å². The summed E-state index contributed by atoms with van der Waals surface area (Å²) in [6.45, 7) is 0. The van der Waals surface area contributed by atoms with E-state index in [1.165, 1.54) is 18.6 Å². The molecule has 1 heterocycles. The van der Waals surface area contributed by atoms with Crippen LogP contribution in [0.1, 0.15) is 11.3 Å². The molecule has 0 bridgehead atoms. The highest BCUT2D eigenvalue weighted by Gasteiger charge is 1.99. The Morgan fingerprint density at radius 3 is 2.71 bits per heavy atom. The minimum atomic E-state index is 0.698. The predicted octanol–water partition coefficient (Wildman–Crippen LogP) is 1.31. The van der Waals surface area contributed by atoms with Gasteiger partial charge in [0.2, 0.25) is 6.20 Å². The molecule has 0 N–H and O–H groups in total. The van der Waals surface area contributed by atoms with Crippen molar-refractivity contribution in [2.75, 3.05) is 0 Å². The Morgan fingerprint density at radius 1 is 1.21 bits per heavy atom. The van der Waals surface area contributed by atoms with Crippen molar-refractivity contribution in [3.63, 3.8) is 0 Å². The molecule has 0 saturated carbocycles. The molecule has 3 heteroatoms. The molecule has 0 spiro atoms. The zero-order valence-corrected chi connectivity index (χ0v) is 7.63. The fraction of sp³-hybridized carbons (Fsp3) is 0.0909. The predicted molar refractivity (Wildman–Crippen MR) is 52.4 cm³/mol. The molecule has 1 aromatic heterocycles. The van der Waals surface area contributed by atoms with Gasteiger partial charge >= 0.3 is 0 Å². The van der Waals surface area contributed by atoms with E-state index in [-0.39, 0.29) is 0 Å². The number of benzene rings is 1. The van der Waals surface area contributed by atoms with Crippen LogP contribution >= 0.6 is 0 Å². The van der Waals surface area contributed by atoms with Gasteiger partial charge in [-0.3, -0.25) is 0 Å². The smallest absolute Gasteiger partial charge is 0.202 e. The SMILES string of the molecule is [O-][n+]1ccnc(Cc2ccccc2)c1. The van der Waals surface area contributed by atoms with Crippen molar-refractivity contribution in [3.05, 3.63) is 65.4 Å². The van der Waals surface area contributed by atoms with Crippen molar-refractivity contribution < 1.29 is 4.73 Å². The highest BCUT2D eigenvalue weighted by Crippen LogP contribution is 2.04. The van der Waals surface area contributed by atoms with Crippen LogP contribution in [0, 0.1) is 5.21 Å². The molecule has 0 amide bonds. The molecule has 0 radical (unpaired) electrons. The number of hydrogen-bond donors (Lipinski definition) is 0. The van der Waals surface area contributed by atoms with E-state index in [9.17, 15) is 5.21 Å². The molecule has 14 heavy (non-hydrogen) atoms. The minimum Gasteiger partial charge on any atom is -0.619 e. The van der Waals surface area contributed by atoms with Crippen LogP contribution in [0.4, 0.5) is 0 Å². The van der Waals surface area contributed by atoms with E-state index in [2.05, 4.69) is 4.98 Å². The molecular formula is C11H10N2O. The van der Waals surface area contributed by atoms with Gasteiger partial charge in [-0.25, -0.2) is 4.98 Å². The van der Waals surface area contributed by atoms with Gasteiger partial charge in [0.15, 0.2) is 6.20 Å². The number of aromatic nitrogens is 2. The van der Waals surface area contributed by atoms with Gasteiger partial charge in [-0.2, -0.15) is 4.73 Å². The maximum Gasteiger partial charge on any atom is 0.202 e. The molecule has 0 unspecified atom stereocenters. The van der Waals surface area contributed by atoms with Crippen LogP contribution in [-0.4, -0.2) is 4.98 Å². The van der Waals surface area contributed by atoms with Crippen LogP contribution in [-0.2, 0) is 6.42 Å². The van der Waals surface area contributed by atoms with Crippen LogP contribution in [0.3, 0.4) is 0 Å². The topological polar surface area (TPSA) is 39.8 Å². The van der Waals surface area contributed by atoms with Gasteiger partial charge in [0.05, 0.1) is 6.20 Å². The highest BCUT2D eigenvalue weighted by atomic mass is 16.5. The summed E-state index contributed by atoms with van der Waals surface area (Å²) in [5.41, 5.74) is 1.94. The second kappa shape index (κ2) is 3.87. The van der Waals surface area contributed by atoms with Gasteiger partial charge in [0.25, 0.3) is 0 Å². The van der Waals surface area contributed by atoms with Crippen LogP contribution in [0.5, 0.6) is 0 Å². The summed E-state index contributed by atoms with van der Waals surface area (Å²) in [5, 5.41) is 11.0. The van der Waals surface area contributed by atoms with Crippen molar-refractivity contribution in [1.82, 2.24) is 4.98 Å². The largest absolute Gasteiger partial charge is 0.619 e. The van der Waals surface area contributed by atoms with Crippen LogP contribution in [0.2, 0.25) is 0 Å². The summed E-state index contributed by atoms with van der Waals surface area (Å²) in [6, 6.07) is 9.95. The molecule has 0 aliphatic rings. The standard InChI is InChI=1S/C11H10N2O/c14-13-7-6-12-11(9-13)8-10-4-2-1-3-5-10/h1-7,9H,8H2. The molecule has 3 nitrogen and oxygen atoms in total. The van der Waals surface area contributed by atoms with Gasteiger partial charge in [0.1, 0.15) is 5.69 Å². The molecule has 1 aromatic carbocycles. The molecule has 0 fully saturated rings. The monoisotopic (exact) mass is 186 g/mol. The Bertz CT molecular complexity index is 415. The summed E-state index contributed by atoms with van der Waals surface area (Å²) >= 11 is 0. The summed E-state index contributed by atoms with van der Waals surface area (Å²) < 4.78 is 0.769. The van der Waals surface area contributed by atoms with Crippen molar-refractivity contribution in [3.8, 4) is 0 Å². The quantitative estimate of drug-likeness (QED) is 0.524. The summed E-state index contributed by atoms with van der Waals surface area (Å²) in [6.07, 6.45) is 5.09. The first-order valence-corrected chi connectivity index (χ1v) is 4.42. The maximum absolute atomic E-state index is 11.0. The fourth-order valence-electron chi connectivity index (χ4n) is 1.31. The van der Waals surface area contributed by atoms with E-state index in [4.69, 9.17) is 0 Å². The van der Waals surface area contributed by atoms with Gasteiger partial charge in [-0.1, -0.05) is 30.3 Å². The highest BCUT2D eigenvalue weighted by molar-refractivity contribution is 5.19. The van der Waals surface area contributed by atoms with Gasteiger partial charge < -0.3 is 5.21 Å². The Morgan fingerprint density at radius 2 is 2.00 bits per heavy atom. The summed E-state index contributed by atoms with van der Waals surface area (Å²) in [4.78, 5) is 4.11. The zero-order valence-electron chi connectivity index (χ0n) is 7.63. The minimum absolute atomic E-state index is 0.698. The lowest BCUT2D eigenvalue weighted by Crippen LogP contribution is -2.25. The maximum atomic E-state index is 11.0. The third kappa shape index (κ3) is 2.07. The van der Waals surface area contributed by atoms with Crippen LogP contribution in [0.15, 0.2) is 48.9 Å². The van der Waals surface area contributed by atoms with E-state index in [1.807, 2.05) is 30.3 Å². The summed E-state index contributed by atoms with van der Waals surface area (Å²) in [5.74, 6) is 0. The Hall–Kier alpha value is -1.90. The molecule has 0 aliphatic carbocycles. The molecule has 0 saturated heterocycles. The van der Waals surface area contributed by atoms with E-state index in [1.54, 1.807) is 0 Å². The van der Waals surface area contributed by atoms with E-state index >= 15 is 0 Å². The van der Waals surface area contributed by atoms with E-state index in [0.29, 0.717) is 6.42 Å². The third-order valence-electron chi connectivity index (χ3n) is 1.96. The first kappa shape index (κ1) is 8.69. The Labute approximate surface area is 82.3 Å². The number of rotatable bonds is 2. The lowest BCUT2D eigenvalue weighted by Gasteiger charge is -2.00. The van der Waals surface area contributed by atoms with Crippen molar-refractivity contribution in [2.45, 2.75) is 6.42 Å². The summed E-state index contributed by atoms with van der Waals surface area (Å²) in [7, 11) is 0. The normalized spacial score (nSPS) is 10.0. The molecular weight excluding hydrogens is 176 g/mol. The van der Waals surface area contributed by atoms with E-state index < -0.39 is 0 Å². The Balaban J connectivity index is 2.19. The number of hydrogen-bond acceptors (Lipinski definition) is 2. The lowest BCUT2D eigenvalue weighted by atomic mass is 10.1. The van der Waals surface area contributed by atoms with Crippen LogP contribution in [0.25, 0.3) is 0 Å². The van der Waals surface area contributed by atoms with E-state index in [0.717, 1.165) is 16.0 Å². The molecule has 0 atom stereocenters. The second-order valence-electron chi connectivity index (χ2n) is 3.07. The average molecular weight is 186 g/mol. The van der Waals surface area contributed by atoms with Crippen molar-refractivity contribution in [2.24, 2.45) is 0 Å². The molecule has 70 valence electrons. The average Bonchev–Trinajstić information content (AvgIpc) is 2.19. The first-order valence-electron chi connectivity index (χ1n) is 4.42. The van der Waals surface area contributed by atoms with Gasteiger partial charge in [-0.15, -0.1) is 0 Å². The third-order valence-corrected chi connectivity index (χ3v) is 1.96. The lowest BCUT2D eigenvalue weighted by molar-refractivity contribution is -0.606. The van der Waals surface area contributed by atoms with Gasteiger partial charge in [-0.05, 0) is 5.56 Å². The fourth-order valence-corrected chi connectivity index (χ4v) is 1.31. The molecule has 2 aromatic rings. The molecule has 0 aliphatic heterocycles. The number of nitrogens with zero attached hydrogens (tertiary/aromatic N) is 2. The van der Waals surface area contributed by atoms with Crippen molar-refractivity contribution >= 4 is 0 Å². The second-order valence-corrected chi connectivity index (χ2v) is 3.07. The zero-order chi connectivity index (χ0) is 9.80. The Kier molecular flexibility index (Phi) is 2.40.